The van der Waals surface area contributed by atoms with E-state index in [4.69, 9.17) is 21.1 Å². The van der Waals surface area contributed by atoms with Crippen molar-refractivity contribution in [2.45, 2.75) is 26.2 Å². The van der Waals surface area contributed by atoms with Crippen LogP contribution in [0.2, 0.25) is 5.02 Å². The average Bonchev–Trinajstić information content (AvgIpc) is 2.33. The predicted octanol–water partition coefficient (Wildman–Crippen LogP) is 3.20. The summed E-state index contributed by atoms with van der Waals surface area (Å²) < 4.78 is 10.6. The Morgan fingerprint density at radius 2 is 2.16 bits per heavy atom. The summed E-state index contributed by atoms with van der Waals surface area (Å²) in [5.41, 5.74) is 0.131. The van der Waals surface area contributed by atoms with Crippen LogP contribution in [-0.4, -0.2) is 25.8 Å². The number of carbonyl (C=O) groups is 1. The largest absolute Gasteiger partial charge is 0.464 e. The van der Waals surface area contributed by atoms with Crippen LogP contribution in [0.4, 0.5) is 0 Å². The molecular weight excluding hydrogens is 264 g/mol. The van der Waals surface area contributed by atoms with Crippen molar-refractivity contribution in [2.75, 3.05) is 19.8 Å². The van der Waals surface area contributed by atoms with E-state index in [1.165, 1.54) is 0 Å². The van der Waals surface area contributed by atoms with E-state index in [9.17, 15) is 4.79 Å². The van der Waals surface area contributed by atoms with Crippen LogP contribution in [0, 0.1) is 5.41 Å². The van der Waals surface area contributed by atoms with Crippen LogP contribution < -0.4 is 0 Å². The van der Waals surface area contributed by atoms with Crippen molar-refractivity contribution in [1.29, 1.82) is 0 Å². The SMILES string of the molecule is CC1(COC(=O)C(C)(C)c2cccc(Cl)c2)COC1. The molecule has 1 aromatic rings. The quantitative estimate of drug-likeness (QED) is 0.796. The van der Waals surface area contributed by atoms with E-state index in [-0.39, 0.29) is 11.4 Å². The highest BCUT2D eigenvalue weighted by Crippen LogP contribution is 2.30. The Kier molecular flexibility index (Phi) is 3.88. The molecule has 0 saturated carbocycles. The number of halogens is 1. The molecule has 104 valence electrons. The molecule has 0 aromatic heterocycles. The lowest BCUT2D eigenvalue weighted by molar-refractivity contribution is -0.169. The molecule has 1 fully saturated rings. The first-order valence-electron chi connectivity index (χ1n) is 6.35. The Morgan fingerprint density at radius 3 is 2.68 bits per heavy atom. The van der Waals surface area contributed by atoms with E-state index in [1.807, 2.05) is 26.0 Å². The lowest BCUT2D eigenvalue weighted by Gasteiger charge is -2.38. The van der Waals surface area contributed by atoms with Gasteiger partial charge in [-0.25, -0.2) is 0 Å². The fourth-order valence-corrected chi connectivity index (χ4v) is 2.14. The number of esters is 1. The number of benzene rings is 1. The number of ether oxygens (including phenoxy) is 2. The third kappa shape index (κ3) is 3.10. The van der Waals surface area contributed by atoms with Crippen LogP contribution in [0.3, 0.4) is 0 Å². The van der Waals surface area contributed by atoms with Crippen molar-refractivity contribution in [3.05, 3.63) is 34.9 Å². The second kappa shape index (κ2) is 5.14. The van der Waals surface area contributed by atoms with Gasteiger partial charge in [-0.05, 0) is 31.5 Å². The predicted molar refractivity (Wildman–Crippen MR) is 74.4 cm³/mol. The summed E-state index contributed by atoms with van der Waals surface area (Å²) in [7, 11) is 0. The number of hydrogen-bond acceptors (Lipinski definition) is 3. The van der Waals surface area contributed by atoms with Crippen molar-refractivity contribution in [2.24, 2.45) is 5.41 Å². The maximum Gasteiger partial charge on any atom is 0.316 e. The summed E-state index contributed by atoms with van der Waals surface area (Å²) in [6.45, 7) is 7.45. The first-order valence-corrected chi connectivity index (χ1v) is 6.72. The van der Waals surface area contributed by atoms with Gasteiger partial charge in [0, 0.05) is 10.4 Å². The standard InChI is InChI=1S/C15H19ClO3/c1-14(2,11-5-4-6-12(16)7-11)13(17)19-10-15(3)8-18-9-15/h4-7H,8-10H2,1-3H3. The van der Waals surface area contributed by atoms with Crippen LogP contribution in [0.15, 0.2) is 24.3 Å². The highest BCUT2D eigenvalue weighted by atomic mass is 35.5. The molecule has 1 aliphatic heterocycles. The van der Waals surface area contributed by atoms with Crippen molar-refractivity contribution in [3.63, 3.8) is 0 Å². The van der Waals surface area contributed by atoms with E-state index >= 15 is 0 Å². The van der Waals surface area contributed by atoms with Gasteiger partial charge in [0.2, 0.25) is 0 Å². The van der Waals surface area contributed by atoms with Crippen LogP contribution in [0.25, 0.3) is 0 Å². The van der Waals surface area contributed by atoms with Gasteiger partial charge in [-0.3, -0.25) is 4.79 Å². The smallest absolute Gasteiger partial charge is 0.316 e. The van der Waals surface area contributed by atoms with Crippen molar-refractivity contribution in [3.8, 4) is 0 Å². The Hall–Kier alpha value is -1.06. The molecule has 0 unspecified atom stereocenters. The Balaban J connectivity index is 2.04. The molecule has 0 N–H and O–H groups in total. The highest BCUT2D eigenvalue weighted by molar-refractivity contribution is 6.30. The van der Waals surface area contributed by atoms with Gasteiger partial charge >= 0.3 is 5.97 Å². The van der Waals surface area contributed by atoms with Crippen molar-refractivity contribution in [1.82, 2.24) is 0 Å². The van der Waals surface area contributed by atoms with Crippen LogP contribution in [-0.2, 0) is 19.7 Å². The van der Waals surface area contributed by atoms with Gasteiger partial charge in [0.05, 0.1) is 18.6 Å². The minimum Gasteiger partial charge on any atom is -0.464 e. The summed E-state index contributed by atoms with van der Waals surface area (Å²) in [6.07, 6.45) is 0. The third-order valence-electron chi connectivity index (χ3n) is 3.51. The number of rotatable bonds is 4. The van der Waals surface area contributed by atoms with Gasteiger partial charge in [0.15, 0.2) is 0 Å². The lowest BCUT2D eigenvalue weighted by Crippen LogP contribution is -2.45. The molecule has 0 aliphatic carbocycles. The van der Waals surface area contributed by atoms with E-state index in [2.05, 4.69) is 6.92 Å². The Morgan fingerprint density at radius 1 is 1.47 bits per heavy atom. The van der Waals surface area contributed by atoms with Gasteiger partial charge in [0.1, 0.15) is 6.61 Å². The zero-order valence-corrected chi connectivity index (χ0v) is 12.3. The van der Waals surface area contributed by atoms with Crippen LogP contribution >= 0.6 is 11.6 Å². The van der Waals surface area contributed by atoms with Crippen molar-refractivity contribution < 1.29 is 14.3 Å². The van der Waals surface area contributed by atoms with Crippen molar-refractivity contribution >= 4 is 17.6 Å². The molecule has 0 amide bonds. The minimum atomic E-state index is -0.703. The molecule has 0 atom stereocenters. The number of hydrogen-bond donors (Lipinski definition) is 0. The molecular formula is C15H19ClO3. The second-order valence-electron chi connectivity index (χ2n) is 6.01. The Labute approximate surface area is 118 Å². The van der Waals surface area contributed by atoms with E-state index in [0.717, 1.165) is 5.56 Å². The lowest BCUT2D eigenvalue weighted by atomic mass is 9.84. The van der Waals surface area contributed by atoms with Crippen LogP contribution in [0.5, 0.6) is 0 Å². The normalized spacial score (nSPS) is 17.7. The molecule has 0 bridgehead atoms. The summed E-state index contributed by atoms with van der Waals surface area (Å²) in [6, 6.07) is 7.32. The second-order valence-corrected chi connectivity index (χ2v) is 6.45. The highest BCUT2D eigenvalue weighted by Gasteiger charge is 2.38. The Bertz CT molecular complexity index is 478. The summed E-state index contributed by atoms with van der Waals surface area (Å²) in [5, 5.41) is 0.623. The average molecular weight is 283 g/mol. The fourth-order valence-electron chi connectivity index (χ4n) is 1.95. The molecule has 1 heterocycles. The van der Waals surface area contributed by atoms with Gasteiger partial charge < -0.3 is 9.47 Å². The molecule has 1 aromatic carbocycles. The molecule has 2 rings (SSSR count). The number of carbonyl (C=O) groups excluding carboxylic acids is 1. The third-order valence-corrected chi connectivity index (χ3v) is 3.74. The molecule has 4 heteroatoms. The minimum absolute atomic E-state index is 0.0277. The molecule has 19 heavy (non-hydrogen) atoms. The molecule has 1 aliphatic rings. The molecule has 0 radical (unpaired) electrons. The molecule has 0 spiro atoms. The van der Waals surface area contributed by atoms with Gasteiger partial charge in [-0.1, -0.05) is 30.7 Å². The first kappa shape index (κ1) is 14.4. The maximum atomic E-state index is 12.3. The van der Waals surface area contributed by atoms with Gasteiger partial charge in [0.25, 0.3) is 0 Å². The van der Waals surface area contributed by atoms with E-state index in [1.54, 1.807) is 12.1 Å². The summed E-state index contributed by atoms with van der Waals surface area (Å²) in [4.78, 5) is 12.3. The van der Waals surface area contributed by atoms with Gasteiger partial charge in [-0.2, -0.15) is 0 Å². The first-order chi connectivity index (χ1) is 8.83. The van der Waals surface area contributed by atoms with Crippen LogP contribution in [0.1, 0.15) is 26.3 Å². The topological polar surface area (TPSA) is 35.5 Å². The van der Waals surface area contributed by atoms with E-state index in [0.29, 0.717) is 24.8 Å². The van der Waals surface area contributed by atoms with E-state index < -0.39 is 5.41 Å². The van der Waals surface area contributed by atoms with Gasteiger partial charge in [-0.15, -0.1) is 0 Å². The monoisotopic (exact) mass is 282 g/mol. The maximum absolute atomic E-state index is 12.3. The zero-order valence-electron chi connectivity index (χ0n) is 11.5. The molecule has 3 nitrogen and oxygen atoms in total. The fraction of sp³-hybridized carbons (Fsp3) is 0.533. The summed E-state index contributed by atoms with van der Waals surface area (Å²) in [5.74, 6) is -0.233. The summed E-state index contributed by atoms with van der Waals surface area (Å²) >= 11 is 5.97. The molecule has 1 saturated heterocycles. The zero-order chi connectivity index (χ0) is 14.1.